The molecule has 12 heteroatoms. The number of anilines is 1. The lowest BCUT2D eigenvalue weighted by Crippen LogP contribution is -2.30. The number of alkyl halides is 3. The molecule has 2 aromatic carbocycles. The lowest BCUT2D eigenvalue weighted by molar-refractivity contribution is -0.137. The third-order valence-electron chi connectivity index (χ3n) is 3.83. The number of methoxy groups -OCH3 is 1. The second kappa shape index (κ2) is 8.71. The van der Waals surface area contributed by atoms with Crippen LogP contribution in [0.3, 0.4) is 0 Å². The van der Waals surface area contributed by atoms with E-state index in [4.69, 9.17) is 14.6 Å². The summed E-state index contributed by atoms with van der Waals surface area (Å²) in [6.45, 7) is 1.19. The van der Waals surface area contributed by atoms with Gasteiger partial charge in [0, 0.05) is 5.69 Å². The fraction of sp³-hybridized carbons (Fsp3) is 0.222. The molecule has 0 heterocycles. The summed E-state index contributed by atoms with van der Waals surface area (Å²) in [5.74, 6) is -2.02. The molecule has 0 saturated carbocycles. The minimum atomic E-state index is -4.59. The average molecular weight is 446 g/mol. The van der Waals surface area contributed by atoms with Crippen molar-refractivity contribution in [2.24, 2.45) is 5.14 Å². The Balaban J connectivity index is 2.17. The number of esters is 1. The average Bonchev–Trinajstić information content (AvgIpc) is 2.66. The molecule has 1 amide bonds. The number of primary sulfonamides is 1. The minimum Gasteiger partial charge on any atom is -0.496 e. The smallest absolute Gasteiger partial charge is 0.416 e. The van der Waals surface area contributed by atoms with Crippen molar-refractivity contribution < 1.29 is 40.7 Å². The number of rotatable bonds is 6. The molecule has 0 aliphatic heterocycles. The maximum absolute atomic E-state index is 12.8. The second-order valence-electron chi connectivity index (χ2n) is 6.02. The predicted molar refractivity (Wildman–Crippen MR) is 99.3 cm³/mol. The number of halogens is 3. The molecular formula is C18H17F3N2O6S. The fourth-order valence-electron chi connectivity index (χ4n) is 2.32. The van der Waals surface area contributed by atoms with E-state index in [2.05, 4.69) is 5.32 Å². The predicted octanol–water partition coefficient (Wildman–Crippen LogP) is 2.55. The van der Waals surface area contributed by atoms with E-state index in [0.29, 0.717) is 0 Å². The number of ether oxygens (including phenoxy) is 2. The Hall–Kier alpha value is -3.12. The number of sulfonamides is 1. The summed E-state index contributed by atoms with van der Waals surface area (Å²) in [6, 6.07) is 7.14. The first-order valence-corrected chi connectivity index (χ1v) is 9.77. The van der Waals surface area contributed by atoms with Crippen molar-refractivity contribution in [3.05, 3.63) is 53.6 Å². The maximum atomic E-state index is 12.8. The van der Waals surface area contributed by atoms with Crippen LogP contribution in [0.1, 0.15) is 22.8 Å². The van der Waals surface area contributed by atoms with Gasteiger partial charge in [-0.15, -0.1) is 0 Å². The van der Waals surface area contributed by atoms with Crippen molar-refractivity contribution in [2.75, 3.05) is 12.4 Å². The SMILES string of the molecule is COc1ccc(S(N)(=O)=O)cc1C(=O)OC(C)C(=O)Nc1cccc(C(F)(F)F)c1. The lowest BCUT2D eigenvalue weighted by Gasteiger charge is -2.16. The van der Waals surface area contributed by atoms with Crippen LogP contribution in [0, 0.1) is 0 Å². The summed E-state index contributed by atoms with van der Waals surface area (Å²) in [7, 11) is -2.89. The molecule has 3 N–H and O–H groups in total. The minimum absolute atomic E-state index is 0.0297. The largest absolute Gasteiger partial charge is 0.496 e. The zero-order valence-electron chi connectivity index (χ0n) is 15.7. The van der Waals surface area contributed by atoms with E-state index in [1.165, 1.54) is 26.2 Å². The van der Waals surface area contributed by atoms with Crippen molar-refractivity contribution in [3.8, 4) is 5.75 Å². The fourth-order valence-corrected chi connectivity index (χ4v) is 2.86. The van der Waals surface area contributed by atoms with Crippen molar-refractivity contribution in [2.45, 2.75) is 24.1 Å². The number of amides is 1. The summed E-state index contributed by atoms with van der Waals surface area (Å²) in [4.78, 5) is 24.2. The van der Waals surface area contributed by atoms with E-state index in [-0.39, 0.29) is 21.9 Å². The quantitative estimate of drug-likeness (QED) is 0.657. The number of carbonyl (C=O) groups is 2. The molecular weight excluding hydrogens is 429 g/mol. The van der Waals surface area contributed by atoms with Crippen molar-refractivity contribution in [1.29, 1.82) is 0 Å². The molecule has 1 atom stereocenters. The highest BCUT2D eigenvalue weighted by atomic mass is 32.2. The standard InChI is InChI=1S/C18H17F3N2O6S/c1-10(16(24)23-12-5-3-4-11(8-12)18(19,20)21)29-17(25)14-9-13(30(22,26)27)6-7-15(14)28-2/h3-10H,1-2H3,(H,23,24)(H2,22,26,27). The van der Waals surface area contributed by atoms with Gasteiger partial charge < -0.3 is 14.8 Å². The summed E-state index contributed by atoms with van der Waals surface area (Å²) in [6.07, 6.45) is -6.01. The summed E-state index contributed by atoms with van der Waals surface area (Å²) < 4.78 is 71.2. The Kier molecular flexibility index (Phi) is 6.73. The van der Waals surface area contributed by atoms with Crippen LogP contribution in [-0.4, -0.2) is 33.5 Å². The number of carbonyl (C=O) groups excluding carboxylic acids is 2. The van der Waals surface area contributed by atoms with Gasteiger partial charge in [-0.05, 0) is 43.3 Å². The second-order valence-corrected chi connectivity index (χ2v) is 7.58. The Labute approximate surface area is 169 Å². The summed E-state index contributed by atoms with van der Waals surface area (Å²) in [5.41, 5.74) is -1.41. The third kappa shape index (κ3) is 5.70. The summed E-state index contributed by atoms with van der Waals surface area (Å²) in [5, 5.41) is 7.24. The van der Waals surface area contributed by atoms with E-state index >= 15 is 0 Å². The zero-order valence-corrected chi connectivity index (χ0v) is 16.5. The van der Waals surface area contributed by atoms with Gasteiger partial charge in [-0.2, -0.15) is 13.2 Å². The number of nitrogens with two attached hydrogens (primary N) is 1. The Bertz CT molecular complexity index is 1070. The Morgan fingerprint density at radius 3 is 2.37 bits per heavy atom. The van der Waals surface area contributed by atoms with Crippen LogP contribution < -0.4 is 15.2 Å². The first kappa shape index (κ1) is 23.2. The molecule has 0 aromatic heterocycles. The summed E-state index contributed by atoms with van der Waals surface area (Å²) >= 11 is 0. The van der Waals surface area contributed by atoms with Gasteiger partial charge in [0.2, 0.25) is 10.0 Å². The van der Waals surface area contributed by atoms with Gasteiger partial charge in [0.05, 0.1) is 17.6 Å². The van der Waals surface area contributed by atoms with E-state index in [9.17, 15) is 31.2 Å². The van der Waals surface area contributed by atoms with Gasteiger partial charge in [0.1, 0.15) is 11.3 Å². The Morgan fingerprint density at radius 1 is 1.13 bits per heavy atom. The van der Waals surface area contributed by atoms with Gasteiger partial charge in [0.15, 0.2) is 6.10 Å². The van der Waals surface area contributed by atoms with Gasteiger partial charge >= 0.3 is 12.1 Å². The molecule has 162 valence electrons. The van der Waals surface area contributed by atoms with Crippen LogP contribution in [0.2, 0.25) is 0 Å². The number of benzene rings is 2. The monoisotopic (exact) mass is 446 g/mol. The zero-order chi connectivity index (χ0) is 22.7. The van der Waals surface area contributed by atoms with Gasteiger partial charge in [-0.25, -0.2) is 18.4 Å². The maximum Gasteiger partial charge on any atom is 0.416 e. The topological polar surface area (TPSA) is 125 Å². The Morgan fingerprint density at radius 2 is 1.80 bits per heavy atom. The van der Waals surface area contributed by atoms with Gasteiger partial charge in [-0.1, -0.05) is 6.07 Å². The molecule has 0 bridgehead atoms. The molecule has 0 spiro atoms. The van der Waals surface area contributed by atoms with Gasteiger partial charge in [-0.3, -0.25) is 4.79 Å². The highest BCUT2D eigenvalue weighted by molar-refractivity contribution is 7.89. The first-order chi connectivity index (χ1) is 13.8. The highest BCUT2D eigenvalue weighted by Gasteiger charge is 2.31. The van der Waals surface area contributed by atoms with Crippen LogP contribution >= 0.6 is 0 Å². The van der Waals surface area contributed by atoms with Crippen LogP contribution in [0.4, 0.5) is 18.9 Å². The molecule has 0 aliphatic rings. The first-order valence-electron chi connectivity index (χ1n) is 8.23. The third-order valence-corrected chi connectivity index (χ3v) is 4.74. The van der Waals surface area contributed by atoms with Crippen molar-refractivity contribution in [1.82, 2.24) is 0 Å². The molecule has 0 fully saturated rings. The van der Waals surface area contributed by atoms with Crippen LogP contribution in [0.25, 0.3) is 0 Å². The van der Waals surface area contributed by atoms with E-state index < -0.39 is 39.7 Å². The lowest BCUT2D eigenvalue weighted by atomic mass is 10.2. The van der Waals surface area contributed by atoms with Crippen LogP contribution in [0.5, 0.6) is 5.75 Å². The number of hydrogen-bond donors (Lipinski definition) is 2. The van der Waals surface area contributed by atoms with Crippen molar-refractivity contribution in [3.63, 3.8) is 0 Å². The molecule has 0 aliphatic carbocycles. The number of hydrogen-bond acceptors (Lipinski definition) is 6. The van der Waals surface area contributed by atoms with Crippen LogP contribution in [-0.2, 0) is 25.7 Å². The van der Waals surface area contributed by atoms with Gasteiger partial charge in [0.25, 0.3) is 5.91 Å². The molecule has 0 radical (unpaired) electrons. The molecule has 8 nitrogen and oxygen atoms in total. The highest BCUT2D eigenvalue weighted by Crippen LogP contribution is 2.30. The molecule has 1 unspecified atom stereocenters. The van der Waals surface area contributed by atoms with E-state index in [1.54, 1.807) is 0 Å². The van der Waals surface area contributed by atoms with E-state index in [1.807, 2.05) is 0 Å². The van der Waals surface area contributed by atoms with Crippen LogP contribution in [0.15, 0.2) is 47.4 Å². The normalized spacial score (nSPS) is 12.7. The van der Waals surface area contributed by atoms with E-state index in [0.717, 1.165) is 30.3 Å². The number of nitrogens with one attached hydrogen (secondary N) is 1. The van der Waals surface area contributed by atoms with Crippen molar-refractivity contribution >= 4 is 27.6 Å². The molecule has 2 rings (SSSR count). The molecule has 0 saturated heterocycles. The molecule has 30 heavy (non-hydrogen) atoms. The molecule has 2 aromatic rings.